The number of hydrogen-bond acceptors (Lipinski definition) is 4. The zero-order valence-corrected chi connectivity index (χ0v) is 10.6. The summed E-state index contributed by atoms with van der Waals surface area (Å²) in [7, 11) is -2.33. The molecule has 98 valence electrons. The summed E-state index contributed by atoms with van der Waals surface area (Å²) in [5.41, 5.74) is 0.105. The summed E-state index contributed by atoms with van der Waals surface area (Å²) in [6.07, 6.45) is 1.39. The van der Waals surface area contributed by atoms with Crippen molar-refractivity contribution in [2.75, 3.05) is 4.72 Å². The number of halogens is 1. The number of anilines is 1. The average Bonchev–Trinajstić information content (AvgIpc) is 2.69. The molecule has 0 amide bonds. The Bertz CT molecular complexity index is 744. The van der Waals surface area contributed by atoms with Gasteiger partial charge < -0.3 is 0 Å². The minimum Gasteiger partial charge on any atom is -0.272 e. The SMILES string of the molecule is Cn1cc(C#N)c(NS(=O)(=O)c2ccc(F)cc2)n1. The minimum absolute atomic E-state index is 0.0608. The molecule has 2 rings (SSSR count). The summed E-state index contributed by atoms with van der Waals surface area (Å²) in [6, 6.07) is 6.17. The first kappa shape index (κ1) is 13.0. The van der Waals surface area contributed by atoms with Gasteiger partial charge in [-0.3, -0.25) is 9.40 Å². The standard InChI is InChI=1S/C11H9FN4O2S/c1-16-7-8(6-13)11(14-16)15-19(17,18)10-4-2-9(12)3-5-10/h2-5,7H,1H3,(H,14,15). The minimum atomic E-state index is -3.89. The van der Waals surface area contributed by atoms with Gasteiger partial charge >= 0.3 is 0 Å². The second kappa shape index (κ2) is 4.70. The summed E-state index contributed by atoms with van der Waals surface area (Å²) in [5.74, 6) is -0.594. The molecule has 0 atom stereocenters. The van der Waals surface area contributed by atoms with Gasteiger partial charge in [0, 0.05) is 13.2 Å². The smallest absolute Gasteiger partial charge is 0.263 e. The third kappa shape index (κ3) is 2.71. The number of nitrogens with zero attached hydrogens (tertiary/aromatic N) is 3. The van der Waals surface area contributed by atoms with Crippen LogP contribution < -0.4 is 4.72 Å². The van der Waals surface area contributed by atoms with Crippen molar-refractivity contribution in [1.29, 1.82) is 5.26 Å². The van der Waals surface area contributed by atoms with Crippen LogP contribution in [0, 0.1) is 17.1 Å². The van der Waals surface area contributed by atoms with Crippen LogP contribution >= 0.6 is 0 Å². The summed E-state index contributed by atoms with van der Waals surface area (Å²) < 4.78 is 40.3. The van der Waals surface area contributed by atoms with Crippen LogP contribution in [0.25, 0.3) is 0 Å². The van der Waals surface area contributed by atoms with E-state index >= 15 is 0 Å². The number of aryl methyl sites for hydroxylation is 1. The first-order chi connectivity index (χ1) is 8.92. The molecular formula is C11H9FN4O2S. The number of nitriles is 1. The maximum Gasteiger partial charge on any atom is 0.263 e. The van der Waals surface area contributed by atoms with E-state index in [9.17, 15) is 12.8 Å². The van der Waals surface area contributed by atoms with Gasteiger partial charge in [-0.05, 0) is 24.3 Å². The Balaban J connectivity index is 2.36. The Labute approximate surface area is 109 Å². The summed E-state index contributed by atoms with van der Waals surface area (Å²) in [5, 5.41) is 12.7. The van der Waals surface area contributed by atoms with Crippen LogP contribution in [0.1, 0.15) is 5.56 Å². The lowest BCUT2D eigenvalue weighted by atomic mass is 10.4. The molecule has 1 N–H and O–H groups in total. The largest absolute Gasteiger partial charge is 0.272 e. The monoisotopic (exact) mass is 280 g/mol. The molecule has 6 nitrogen and oxygen atoms in total. The number of benzene rings is 1. The van der Waals surface area contributed by atoms with Gasteiger partial charge in [0.25, 0.3) is 10.0 Å². The highest BCUT2D eigenvalue weighted by molar-refractivity contribution is 7.92. The van der Waals surface area contributed by atoms with Crippen LogP contribution in [-0.2, 0) is 17.1 Å². The molecular weight excluding hydrogens is 271 g/mol. The van der Waals surface area contributed by atoms with Gasteiger partial charge in [-0.25, -0.2) is 12.8 Å². The van der Waals surface area contributed by atoms with Crippen molar-refractivity contribution in [1.82, 2.24) is 9.78 Å². The number of hydrogen-bond donors (Lipinski definition) is 1. The highest BCUT2D eigenvalue weighted by Gasteiger charge is 2.18. The second-order valence-corrected chi connectivity index (χ2v) is 5.42. The number of aromatic nitrogens is 2. The van der Waals surface area contributed by atoms with Crippen LogP contribution in [-0.4, -0.2) is 18.2 Å². The number of sulfonamides is 1. The molecule has 0 saturated carbocycles. The van der Waals surface area contributed by atoms with Gasteiger partial charge in [0.1, 0.15) is 17.4 Å². The van der Waals surface area contributed by atoms with Crippen LogP contribution in [0.4, 0.5) is 10.2 Å². The molecule has 8 heteroatoms. The lowest BCUT2D eigenvalue weighted by Crippen LogP contribution is -2.14. The molecule has 1 aromatic heterocycles. The molecule has 2 aromatic rings. The fourth-order valence-electron chi connectivity index (χ4n) is 1.45. The summed E-state index contributed by atoms with van der Waals surface area (Å²) >= 11 is 0. The van der Waals surface area contributed by atoms with Gasteiger partial charge in [0.05, 0.1) is 4.90 Å². The Morgan fingerprint density at radius 1 is 1.37 bits per heavy atom. The number of rotatable bonds is 3. The fourth-order valence-corrected chi connectivity index (χ4v) is 2.46. The van der Waals surface area contributed by atoms with Crippen LogP contribution in [0.15, 0.2) is 35.4 Å². The average molecular weight is 280 g/mol. The molecule has 0 spiro atoms. The zero-order chi connectivity index (χ0) is 14.0. The van der Waals surface area contributed by atoms with E-state index in [1.807, 2.05) is 6.07 Å². The fraction of sp³-hybridized carbons (Fsp3) is 0.0909. The van der Waals surface area contributed by atoms with Crippen molar-refractivity contribution in [2.24, 2.45) is 7.05 Å². The van der Waals surface area contributed by atoms with E-state index < -0.39 is 15.8 Å². The predicted octanol–water partition coefficient (Wildman–Crippen LogP) is 1.23. The van der Waals surface area contributed by atoms with Crippen molar-refractivity contribution in [3.63, 3.8) is 0 Å². The van der Waals surface area contributed by atoms with E-state index in [1.54, 1.807) is 7.05 Å². The molecule has 1 aromatic carbocycles. The lowest BCUT2D eigenvalue weighted by molar-refractivity contribution is 0.599. The normalized spacial score (nSPS) is 11.0. The first-order valence-corrected chi connectivity index (χ1v) is 6.63. The van der Waals surface area contributed by atoms with E-state index in [1.165, 1.54) is 10.9 Å². The maximum absolute atomic E-state index is 12.7. The van der Waals surface area contributed by atoms with Crippen molar-refractivity contribution in [3.05, 3.63) is 41.8 Å². The van der Waals surface area contributed by atoms with E-state index in [0.717, 1.165) is 24.3 Å². The van der Waals surface area contributed by atoms with E-state index in [0.29, 0.717) is 0 Å². The Hall–Kier alpha value is -2.40. The molecule has 0 radical (unpaired) electrons. The quantitative estimate of drug-likeness (QED) is 0.916. The van der Waals surface area contributed by atoms with E-state index in [2.05, 4.69) is 9.82 Å². The molecule has 0 aliphatic heterocycles. The third-order valence-corrected chi connectivity index (χ3v) is 3.66. The highest BCUT2D eigenvalue weighted by atomic mass is 32.2. The Morgan fingerprint density at radius 3 is 2.58 bits per heavy atom. The van der Waals surface area contributed by atoms with Gasteiger partial charge in [-0.15, -0.1) is 0 Å². The van der Waals surface area contributed by atoms with Gasteiger partial charge in [-0.1, -0.05) is 0 Å². The lowest BCUT2D eigenvalue weighted by Gasteiger charge is -2.05. The van der Waals surface area contributed by atoms with Crippen LogP contribution in [0.3, 0.4) is 0 Å². The van der Waals surface area contributed by atoms with Gasteiger partial charge in [-0.2, -0.15) is 10.4 Å². The van der Waals surface area contributed by atoms with Crippen molar-refractivity contribution >= 4 is 15.8 Å². The molecule has 19 heavy (non-hydrogen) atoms. The molecule has 0 unspecified atom stereocenters. The first-order valence-electron chi connectivity index (χ1n) is 5.14. The van der Waals surface area contributed by atoms with Crippen molar-refractivity contribution in [3.8, 4) is 6.07 Å². The predicted molar refractivity (Wildman–Crippen MR) is 65.1 cm³/mol. The molecule has 0 bridgehead atoms. The van der Waals surface area contributed by atoms with Gasteiger partial charge in [0.2, 0.25) is 0 Å². The highest BCUT2D eigenvalue weighted by Crippen LogP contribution is 2.17. The molecule has 0 aliphatic carbocycles. The zero-order valence-electron chi connectivity index (χ0n) is 9.83. The molecule has 0 fully saturated rings. The van der Waals surface area contributed by atoms with Crippen molar-refractivity contribution < 1.29 is 12.8 Å². The van der Waals surface area contributed by atoms with E-state index in [4.69, 9.17) is 5.26 Å². The van der Waals surface area contributed by atoms with Crippen LogP contribution in [0.2, 0.25) is 0 Å². The molecule has 0 saturated heterocycles. The summed E-state index contributed by atoms with van der Waals surface area (Å²) in [6.45, 7) is 0. The summed E-state index contributed by atoms with van der Waals surface area (Å²) in [4.78, 5) is -0.108. The number of nitrogens with one attached hydrogen (secondary N) is 1. The van der Waals surface area contributed by atoms with E-state index in [-0.39, 0.29) is 16.3 Å². The topological polar surface area (TPSA) is 87.8 Å². The van der Waals surface area contributed by atoms with Gasteiger partial charge in [0.15, 0.2) is 5.82 Å². The molecule has 0 aliphatic rings. The Morgan fingerprint density at radius 2 is 2.00 bits per heavy atom. The van der Waals surface area contributed by atoms with Crippen LogP contribution in [0.5, 0.6) is 0 Å². The molecule has 1 heterocycles. The van der Waals surface area contributed by atoms with Crippen molar-refractivity contribution in [2.45, 2.75) is 4.90 Å². The third-order valence-electron chi connectivity index (χ3n) is 2.30. The maximum atomic E-state index is 12.7. The Kier molecular flexibility index (Phi) is 3.23. The second-order valence-electron chi connectivity index (χ2n) is 3.74.